The van der Waals surface area contributed by atoms with Gasteiger partial charge in [0.15, 0.2) is 0 Å². The third-order valence-corrected chi connectivity index (χ3v) is 5.17. The van der Waals surface area contributed by atoms with E-state index in [1.165, 1.54) is 32.1 Å². The van der Waals surface area contributed by atoms with Gasteiger partial charge in [0.1, 0.15) is 0 Å². The van der Waals surface area contributed by atoms with Crippen LogP contribution in [0.1, 0.15) is 38.5 Å². The second-order valence-corrected chi connectivity index (χ2v) is 5.79. The Morgan fingerprint density at radius 2 is 1.93 bits per heavy atom. The van der Waals surface area contributed by atoms with Crippen molar-refractivity contribution < 1.29 is 5.11 Å². The lowest BCUT2D eigenvalue weighted by Gasteiger charge is -2.32. The Balaban J connectivity index is 1.56. The van der Waals surface area contributed by atoms with Gasteiger partial charge >= 0.3 is 0 Å². The predicted molar refractivity (Wildman–Crippen MR) is 60.5 cm³/mol. The lowest BCUT2D eigenvalue weighted by atomic mass is 9.79. The number of rotatable bonds is 4. The minimum absolute atomic E-state index is 0.333. The zero-order chi connectivity index (χ0) is 10.3. The van der Waals surface area contributed by atoms with E-state index in [0.29, 0.717) is 6.61 Å². The van der Waals surface area contributed by atoms with Gasteiger partial charge in [-0.25, -0.2) is 0 Å². The Labute approximate surface area is 92.4 Å². The lowest BCUT2D eigenvalue weighted by Crippen LogP contribution is -2.39. The van der Waals surface area contributed by atoms with Crippen molar-refractivity contribution in [2.24, 2.45) is 23.7 Å². The molecule has 0 aliphatic heterocycles. The van der Waals surface area contributed by atoms with Crippen LogP contribution < -0.4 is 5.32 Å². The van der Waals surface area contributed by atoms with E-state index in [1.807, 2.05) is 0 Å². The van der Waals surface area contributed by atoms with Crippen molar-refractivity contribution in [3.63, 3.8) is 0 Å². The zero-order valence-electron chi connectivity index (χ0n) is 9.49. The van der Waals surface area contributed by atoms with Gasteiger partial charge in [-0.2, -0.15) is 0 Å². The van der Waals surface area contributed by atoms with Crippen LogP contribution in [0.4, 0.5) is 0 Å². The van der Waals surface area contributed by atoms with Gasteiger partial charge in [0.25, 0.3) is 0 Å². The maximum Gasteiger partial charge on any atom is 0.0443 e. The van der Waals surface area contributed by atoms with Gasteiger partial charge in [-0.1, -0.05) is 6.42 Å². The summed E-state index contributed by atoms with van der Waals surface area (Å²) in [5, 5.41) is 12.4. The topological polar surface area (TPSA) is 32.3 Å². The summed E-state index contributed by atoms with van der Waals surface area (Å²) < 4.78 is 0. The number of nitrogens with one attached hydrogen (secondary N) is 1. The van der Waals surface area contributed by atoms with Gasteiger partial charge in [0.05, 0.1) is 0 Å². The molecule has 2 bridgehead atoms. The number of aliphatic hydroxyl groups excluding tert-OH is 1. The van der Waals surface area contributed by atoms with E-state index in [0.717, 1.165) is 42.7 Å². The van der Waals surface area contributed by atoms with Crippen LogP contribution >= 0.6 is 0 Å². The average molecular weight is 209 g/mol. The molecule has 0 amide bonds. The van der Waals surface area contributed by atoms with Gasteiger partial charge in [-0.3, -0.25) is 0 Å². The second kappa shape index (κ2) is 4.06. The molecule has 2 nitrogen and oxygen atoms in total. The molecule has 3 fully saturated rings. The van der Waals surface area contributed by atoms with Crippen molar-refractivity contribution >= 4 is 0 Å². The van der Waals surface area contributed by atoms with Gasteiger partial charge in [-0.15, -0.1) is 0 Å². The minimum Gasteiger partial charge on any atom is -0.396 e. The van der Waals surface area contributed by atoms with E-state index in [4.69, 9.17) is 5.11 Å². The largest absolute Gasteiger partial charge is 0.396 e. The van der Waals surface area contributed by atoms with Gasteiger partial charge in [-0.05, 0) is 62.3 Å². The number of aliphatic hydroxyl groups is 1. The van der Waals surface area contributed by atoms with Crippen LogP contribution in [0.15, 0.2) is 0 Å². The van der Waals surface area contributed by atoms with Crippen molar-refractivity contribution in [3.05, 3.63) is 0 Å². The maximum atomic E-state index is 8.78. The molecule has 3 aliphatic rings. The first-order chi connectivity index (χ1) is 7.40. The molecule has 2 heteroatoms. The minimum atomic E-state index is 0.333. The van der Waals surface area contributed by atoms with E-state index in [9.17, 15) is 0 Å². The molecule has 3 saturated carbocycles. The normalized spacial score (nSPS) is 47.4. The van der Waals surface area contributed by atoms with E-state index in [2.05, 4.69) is 5.32 Å². The van der Waals surface area contributed by atoms with Crippen LogP contribution in [0, 0.1) is 23.7 Å². The maximum absolute atomic E-state index is 8.78. The summed E-state index contributed by atoms with van der Waals surface area (Å²) in [7, 11) is 0. The smallest absolute Gasteiger partial charge is 0.0443 e. The molecule has 3 aliphatic carbocycles. The highest BCUT2D eigenvalue weighted by molar-refractivity contribution is 5.05. The molecule has 0 aromatic heterocycles. The van der Waals surface area contributed by atoms with Gasteiger partial charge in [0.2, 0.25) is 0 Å². The fourth-order valence-corrected chi connectivity index (χ4v) is 4.67. The summed E-state index contributed by atoms with van der Waals surface area (Å²) in [5.74, 6) is 4.21. The van der Waals surface area contributed by atoms with Crippen molar-refractivity contribution in [3.8, 4) is 0 Å². The highest BCUT2D eigenvalue weighted by Gasteiger charge is 2.53. The Kier molecular flexibility index (Phi) is 2.73. The molecular weight excluding hydrogens is 186 g/mol. The summed E-state index contributed by atoms with van der Waals surface area (Å²) in [4.78, 5) is 0. The zero-order valence-corrected chi connectivity index (χ0v) is 9.49. The third kappa shape index (κ3) is 1.62. The second-order valence-electron chi connectivity index (χ2n) is 5.79. The third-order valence-electron chi connectivity index (χ3n) is 5.17. The Hall–Kier alpha value is -0.0800. The molecule has 0 radical (unpaired) electrons. The summed E-state index contributed by atoms with van der Waals surface area (Å²) in [6, 6.07) is 0.792. The van der Waals surface area contributed by atoms with Gasteiger partial charge < -0.3 is 10.4 Å². The lowest BCUT2D eigenvalue weighted by molar-refractivity contribution is 0.204. The Morgan fingerprint density at radius 1 is 1.07 bits per heavy atom. The molecule has 3 rings (SSSR count). The number of fused-ring (bicyclic) bond motifs is 5. The summed E-state index contributed by atoms with van der Waals surface area (Å²) in [5.41, 5.74) is 0. The van der Waals surface area contributed by atoms with Crippen molar-refractivity contribution in [1.29, 1.82) is 0 Å². The molecule has 15 heavy (non-hydrogen) atoms. The molecule has 0 unspecified atom stereocenters. The summed E-state index contributed by atoms with van der Waals surface area (Å²) >= 11 is 0. The Bertz CT molecular complexity index is 231. The quantitative estimate of drug-likeness (QED) is 0.692. The van der Waals surface area contributed by atoms with Crippen LogP contribution in [0.25, 0.3) is 0 Å². The van der Waals surface area contributed by atoms with Crippen molar-refractivity contribution in [1.82, 2.24) is 5.32 Å². The predicted octanol–water partition coefficient (Wildman–Crippen LogP) is 1.78. The molecule has 0 spiro atoms. The van der Waals surface area contributed by atoms with Crippen LogP contribution in [0.5, 0.6) is 0 Å². The van der Waals surface area contributed by atoms with Crippen molar-refractivity contribution in [2.75, 3.05) is 13.2 Å². The van der Waals surface area contributed by atoms with Crippen LogP contribution in [-0.4, -0.2) is 24.3 Å². The highest BCUT2D eigenvalue weighted by atomic mass is 16.3. The molecule has 0 saturated heterocycles. The molecule has 0 heterocycles. The standard InChI is InChI=1S/C13H23NO/c15-6-2-5-14-13-8-9-7-12(13)11-4-1-3-10(9)11/h9-15H,1-8H2/t9-,10-,11+,12+,13-/m1/s1. The number of hydrogen-bond donors (Lipinski definition) is 2. The fraction of sp³-hybridized carbons (Fsp3) is 1.00. The first-order valence-electron chi connectivity index (χ1n) is 6.74. The molecule has 5 atom stereocenters. The molecule has 0 aromatic carbocycles. The molecular formula is C13H23NO. The van der Waals surface area contributed by atoms with Crippen LogP contribution in [0.3, 0.4) is 0 Å². The average Bonchev–Trinajstić information content (AvgIpc) is 2.89. The molecule has 0 aromatic rings. The molecule has 86 valence electrons. The Morgan fingerprint density at radius 3 is 2.80 bits per heavy atom. The first kappa shape index (κ1) is 10.1. The summed E-state index contributed by atoms with van der Waals surface area (Å²) in [6.07, 6.45) is 8.37. The van der Waals surface area contributed by atoms with E-state index in [-0.39, 0.29) is 0 Å². The van der Waals surface area contributed by atoms with E-state index in [1.54, 1.807) is 0 Å². The van der Waals surface area contributed by atoms with E-state index >= 15 is 0 Å². The molecule has 2 N–H and O–H groups in total. The van der Waals surface area contributed by atoms with Crippen LogP contribution in [-0.2, 0) is 0 Å². The first-order valence-corrected chi connectivity index (χ1v) is 6.74. The number of hydrogen-bond acceptors (Lipinski definition) is 2. The van der Waals surface area contributed by atoms with Gasteiger partial charge in [0, 0.05) is 12.6 Å². The SMILES string of the molecule is OCCCN[C@@H]1C[C@H]2C[C@H]1[C@H]1CCC[C@H]21. The van der Waals surface area contributed by atoms with E-state index < -0.39 is 0 Å². The van der Waals surface area contributed by atoms with Crippen LogP contribution in [0.2, 0.25) is 0 Å². The highest BCUT2D eigenvalue weighted by Crippen LogP contribution is 2.58. The monoisotopic (exact) mass is 209 g/mol. The van der Waals surface area contributed by atoms with Crippen molar-refractivity contribution in [2.45, 2.75) is 44.6 Å². The fourth-order valence-electron chi connectivity index (χ4n) is 4.67. The summed E-state index contributed by atoms with van der Waals surface area (Å²) in [6.45, 7) is 1.35.